The third-order valence-corrected chi connectivity index (χ3v) is 4.50. The summed E-state index contributed by atoms with van der Waals surface area (Å²) >= 11 is 0. The van der Waals surface area contributed by atoms with E-state index >= 15 is 0 Å². The molecule has 0 amide bonds. The second-order valence-corrected chi connectivity index (χ2v) is 6.41. The molecule has 90 valence electrons. The number of aryl methyl sites for hydroxylation is 1. The van der Waals surface area contributed by atoms with E-state index in [1.807, 2.05) is 0 Å². The van der Waals surface area contributed by atoms with Gasteiger partial charge in [-0.3, -0.25) is 9.58 Å². The van der Waals surface area contributed by atoms with Gasteiger partial charge in [0.15, 0.2) is 9.84 Å². The molecule has 2 heterocycles. The molecular weight excluding hydrogens is 228 g/mol. The van der Waals surface area contributed by atoms with Gasteiger partial charge >= 0.3 is 0 Å². The summed E-state index contributed by atoms with van der Waals surface area (Å²) in [5, 5.41) is 4.06. The quantitative estimate of drug-likeness (QED) is 0.739. The van der Waals surface area contributed by atoms with E-state index in [1.165, 1.54) is 0 Å². The summed E-state index contributed by atoms with van der Waals surface area (Å²) in [6, 6.07) is 0. The molecule has 1 aliphatic rings. The van der Waals surface area contributed by atoms with Crippen molar-refractivity contribution in [2.24, 2.45) is 7.05 Å². The molecule has 1 aliphatic heterocycles. The number of sulfone groups is 1. The summed E-state index contributed by atoms with van der Waals surface area (Å²) in [5.74, 6) is 1.13. The minimum Gasteiger partial charge on any atom is -0.384 e. The highest BCUT2D eigenvalue weighted by atomic mass is 32.2. The molecule has 0 atom stereocenters. The Hall–Kier alpha value is -1.08. The van der Waals surface area contributed by atoms with Crippen molar-refractivity contribution in [1.82, 2.24) is 14.7 Å². The van der Waals surface area contributed by atoms with Gasteiger partial charge in [0.05, 0.1) is 17.7 Å². The van der Waals surface area contributed by atoms with Crippen LogP contribution in [0.4, 0.5) is 5.82 Å². The first-order chi connectivity index (χ1) is 7.48. The van der Waals surface area contributed by atoms with Crippen LogP contribution in [0.5, 0.6) is 0 Å². The van der Waals surface area contributed by atoms with Crippen LogP contribution in [0.3, 0.4) is 0 Å². The molecule has 0 radical (unpaired) electrons. The topological polar surface area (TPSA) is 81.2 Å². The lowest BCUT2D eigenvalue weighted by Crippen LogP contribution is -2.39. The minimum absolute atomic E-state index is 0.243. The number of anilines is 1. The number of nitrogen functional groups attached to an aromatic ring is 1. The monoisotopic (exact) mass is 244 g/mol. The molecule has 1 aromatic heterocycles. The highest BCUT2D eigenvalue weighted by molar-refractivity contribution is 7.91. The second kappa shape index (κ2) is 4.06. The fourth-order valence-corrected chi connectivity index (χ4v) is 3.04. The van der Waals surface area contributed by atoms with E-state index in [2.05, 4.69) is 10.00 Å². The van der Waals surface area contributed by atoms with Gasteiger partial charge < -0.3 is 5.73 Å². The Morgan fingerprint density at radius 2 is 2.06 bits per heavy atom. The van der Waals surface area contributed by atoms with Gasteiger partial charge in [-0.15, -0.1) is 0 Å². The maximum atomic E-state index is 11.3. The molecule has 2 N–H and O–H groups in total. The molecule has 0 saturated carbocycles. The number of nitrogens with zero attached hydrogens (tertiary/aromatic N) is 3. The number of nitrogens with two attached hydrogens (primary N) is 1. The maximum absolute atomic E-state index is 11.3. The molecule has 1 fully saturated rings. The van der Waals surface area contributed by atoms with Crippen LogP contribution >= 0.6 is 0 Å². The predicted molar refractivity (Wildman–Crippen MR) is 61.6 cm³/mol. The van der Waals surface area contributed by atoms with Crippen LogP contribution in [0.2, 0.25) is 0 Å². The van der Waals surface area contributed by atoms with E-state index in [-0.39, 0.29) is 11.5 Å². The van der Waals surface area contributed by atoms with E-state index in [9.17, 15) is 8.42 Å². The molecule has 2 rings (SSSR count). The summed E-state index contributed by atoms with van der Waals surface area (Å²) in [7, 11) is -1.02. The van der Waals surface area contributed by atoms with Crippen LogP contribution in [0, 0.1) is 0 Å². The summed E-state index contributed by atoms with van der Waals surface area (Å²) in [6.45, 7) is 1.84. The molecule has 1 aromatic rings. The maximum Gasteiger partial charge on any atom is 0.152 e. The normalized spacial score (nSPS) is 21.1. The first-order valence-corrected chi connectivity index (χ1v) is 6.99. The zero-order valence-corrected chi connectivity index (χ0v) is 10.1. The lowest BCUT2D eigenvalue weighted by molar-refractivity contribution is 0.288. The fourth-order valence-electron chi connectivity index (χ4n) is 1.76. The van der Waals surface area contributed by atoms with Crippen LogP contribution in [-0.4, -0.2) is 47.7 Å². The standard InChI is InChI=1S/C9H16N4O2S/c1-12-9(10)8(6-11-12)7-13-2-4-16(14,15)5-3-13/h6H,2-5,7,10H2,1H3. The van der Waals surface area contributed by atoms with Crippen LogP contribution in [0.25, 0.3) is 0 Å². The van der Waals surface area contributed by atoms with Gasteiger partial charge in [-0.05, 0) is 0 Å². The van der Waals surface area contributed by atoms with Crippen molar-refractivity contribution in [1.29, 1.82) is 0 Å². The molecule has 0 aromatic carbocycles. The molecular formula is C9H16N4O2S. The number of hydrogen-bond donors (Lipinski definition) is 1. The van der Waals surface area contributed by atoms with E-state index < -0.39 is 9.84 Å². The van der Waals surface area contributed by atoms with E-state index in [1.54, 1.807) is 17.9 Å². The van der Waals surface area contributed by atoms with Gasteiger partial charge in [0, 0.05) is 32.2 Å². The zero-order chi connectivity index (χ0) is 11.8. The van der Waals surface area contributed by atoms with Crippen molar-refractivity contribution in [2.45, 2.75) is 6.54 Å². The van der Waals surface area contributed by atoms with Gasteiger partial charge in [-0.1, -0.05) is 0 Å². The van der Waals surface area contributed by atoms with Crippen molar-refractivity contribution >= 4 is 15.7 Å². The third kappa shape index (κ3) is 2.35. The molecule has 1 saturated heterocycles. The van der Waals surface area contributed by atoms with E-state index in [0.717, 1.165) is 5.56 Å². The summed E-state index contributed by atoms with van der Waals surface area (Å²) < 4.78 is 24.1. The number of hydrogen-bond acceptors (Lipinski definition) is 5. The third-order valence-electron chi connectivity index (χ3n) is 2.90. The summed E-state index contributed by atoms with van der Waals surface area (Å²) in [6.07, 6.45) is 1.73. The Kier molecular flexibility index (Phi) is 2.90. The van der Waals surface area contributed by atoms with Crippen molar-refractivity contribution in [3.05, 3.63) is 11.8 Å². The van der Waals surface area contributed by atoms with E-state index in [4.69, 9.17) is 5.73 Å². The molecule has 6 nitrogen and oxygen atoms in total. The van der Waals surface area contributed by atoms with Gasteiger partial charge in [0.1, 0.15) is 5.82 Å². The Morgan fingerprint density at radius 1 is 1.44 bits per heavy atom. The molecule has 16 heavy (non-hydrogen) atoms. The highest BCUT2D eigenvalue weighted by Crippen LogP contribution is 2.14. The fraction of sp³-hybridized carbons (Fsp3) is 0.667. The average molecular weight is 244 g/mol. The minimum atomic E-state index is -2.81. The second-order valence-electron chi connectivity index (χ2n) is 4.11. The SMILES string of the molecule is Cn1ncc(CN2CCS(=O)(=O)CC2)c1N. The smallest absolute Gasteiger partial charge is 0.152 e. The van der Waals surface area contributed by atoms with Crippen LogP contribution in [0.15, 0.2) is 6.20 Å². The molecule has 0 bridgehead atoms. The van der Waals surface area contributed by atoms with Crippen LogP contribution < -0.4 is 5.73 Å². The lowest BCUT2D eigenvalue weighted by Gasteiger charge is -2.26. The van der Waals surface area contributed by atoms with Gasteiger partial charge in [-0.2, -0.15) is 5.10 Å². The average Bonchev–Trinajstić information content (AvgIpc) is 2.53. The van der Waals surface area contributed by atoms with Crippen LogP contribution in [0.1, 0.15) is 5.56 Å². The van der Waals surface area contributed by atoms with Gasteiger partial charge in [0.25, 0.3) is 0 Å². The van der Waals surface area contributed by atoms with Crippen molar-refractivity contribution in [2.75, 3.05) is 30.3 Å². The molecule has 0 spiro atoms. The zero-order valence-electron chi connectivity index (χ0n) is 9.26. The number of aromatic nitrogens is 2. The van der Waals surface area contributed by atoms with Gasteiger partial charge in [0.2, 0.25) is 0 Å². The van der Waals surface area contributed by atoms with Crippen molar-refractivity contribution < 1.29 is 8.42 Å². The summed E-state index contributed by atoms with van der Waals surface area (Å²) in [5.41, 5.74) is 6.79. The Labute approximate surface area is 94.9 Å². The Balaban J connectivity index is 1.99. The molecule has 0 aliphatic carbocycles. The number of rotatable bonds is 2. The highest BCUT2D eigenvalue weighted by Gasteiger charge is 2.22. The van der Waals surface area contributed by atoms with Crippen molar-refractivity contribution in [3.63, 3.8) is 0 Å². The van der Waals surface area contributed by atoms with Crippen molar-refractivity contribution in [3.8, 4) is 0 Å². The van der Waals surface area contributed by atoms with Gasteiger partial charge in [-0.25, -0.2) is 8.42 Å². The van der Waals surface area contributed by atoms with Crippen LogP contribution in [-0.2, 0) is 23.4 Å². The largest absolute Gasteiger partial charge is 0.384 e. The molecule has 7 heteroatoms. The van der Waals surface area contributed by atoms with E-state index in [0.29, 0.717) is 25.5 Å². The Bertz CT molecular complexity index is 466. The Morgan fingerprint density at radius 3 is 2.56 bits per heavy atom. The first kappa shape index (κ1) is 11.4. The lowest BCUT2D eigenvalue weighted by atomic mass is 10.3. The predicted octanol–water partition coefficient (Wildman–Crippen LogP) is -0.767. The first-order valence-electron chi connectivity index (χ1n) is 5.17. The summed E-state index contributed by atoms with van der Waals surface area (Å²) in [4.78, 5) is 2.09. The molecule has 0 unspecified atom stereocenters.